The summed E-state index contributed by atoms with van der Waals surface area (Å²) in [4.78, 5) is 10.4. The maximum Gasteiger partial charge on any atom is 0.171 e. The Hall–Kier alpha value is -3.86. The average Bonchev–Trinajstić information content (AvgIpc) is 3.39. The van der Waals surface area contributed by atoms with E-state index in [-0.39, 0.29) is 6.04 Å². The second kappa shape index (κ2) is 8.71. The number of ether oxygens (including phenoxy) is 1. The first-order valence-corrected chi connectivity index (χ1v) is 10.8. The lowest BCUT2D eigenvalue weighted by molar-refractivity contribution is -0.0781. The Labute approximate surface area is 188 Å². The molecule has 32 heavy (non-hydrogen) atoms. The Morgan fingerprint density at radius 1 is 0.938 bits per heavy atom. The molecule has 0 bridgehead atoms. The number of imidazole rings is 1. The summed E-state index contributed by atoms with van der Waals surface area (Å²) in [6, 6.07) is 28.5. The van der Waals surface area contributed by atoms with E-state index in [4.69, 9.17) is 9.57 Å². The van der Waals surface area contributed by atoms with Crippen molar-refractivity contribution < 1.29 is 9.57 Å². The standard InChI is InChI=1S/C27H25N3O2/c1-27(19-31-22-12-6-3-7-13-22)18-25(30-17-16-28-20-30)26(29-32-27)24-15-9-8-14-23(24)21-10-4-2-5-11-21/h2-17,20,25H,18-19H2,1H3. The third-order valence-electron chi connectivity index (χ3n) is 5.77. The predicted molar refractivity (Wildman–Crippen MR) is 126 cm³/mol. The van der Waals surface area contributed by atoms with E-state index in [1.165, 1.54) is 0 Å². The number of oxime groups is 1. The molecule has 5 rings (SSSR count). The Bertz CT molecular complexity index is 1190. The van der Waals surface area contributed by atoms with Crippen LogP contribution in [-0.4, -0.2) is 27.5 Å². The number of benzene rings is 3. The minimum absolute atomic E-state index is 0.0273. The van der Waals surface area contributed by atoms with Gasteiger partial charge in [0, 0.05) is 24.4 Å². The molecule has 0 radical (unpaired) electrons. The van der Waals surface area contributed by atoms with Crippen molar-refractivity contribution >= 4 is 5.71 Å². The largest absolute Gasteiger partial charge is 0.489 e. The summed E-state index contributed by atoms with van der Waals surface area (Å²) in [6.07, 6.45) is 6.33. The van der Waals surface area contributed by atoms with Crippen LogP contribution in [0, 0.1) is 0 Å². The molecule has 2 heterocycles. The van der Waals surface area contributed by atoms with Crippen molar-refractivity contribution in [1.29, 1.82) is 0 Å². The molecule has 5 heteroatoms. The summed E-state index contributed by atoms with van der Waals surface area (Å²) in [5.74, 6) is 0.820. The van der Waals surface area contributed by atoms with Crippen LogP contribution in [0.2, 0.25) is 0 Å². The van der Waals surface area contributed by atoms with Crippen LogP contribution in [0.15, 0.2) is 109 Å². The first-order chi connectivity index (χ1) is 15.7. The number of rotatable bonds is 6. The molecule has 2 atom stereocenters. The van der Waals surface area contributed by atoms with Gasteiger partial charge in [-0.25, -0.2) is 4.98 Å². The highest BCUT2D eigenvalue weighted by Gasteiger charge is 2.39. The van der Waals surface area contributed by atoms with Crippen molar-refractivity contribution in [3.05, 3.63) is 109 Å². The van der Waals surface area contributed by atoms with Crippen LogP contribution in [0.3, 0.4) is 0 Å². The van der Waals surface area contributed by atoms with Gasteiger partial charge in [-0.15, -0.1) is 0 Å². The molecule has 0 fully saturated rings. The fourth-order valence-corrected chi connectivity index (χ4v) is 4.11. The molecular weight excluding hydrogens is 398 g/mol. The van der Waals surface area contributed by atoms with E-state index in [2.05, 4.69) is 57.2 Å². The second-order valence-corrected chi connectivity index (χ2v) is 8.26. The zero-order valence-electron chi connectivity index (χ0n) is 18.0. The monoisotopic (exact) mass is 423 g/mol. The van der Waals surface area contributed by atoms with Gasteiger partial charge in [-0.05, 0) is 30.2 Å². The molecule has 3 aromatic carbocycles. The van der Waals surface area contributed by atoms with Gasteiger partial charge in [0.2, 0.25) is 0 Å². The highest BCUT2D eigenvalue weighted by atomic mass is 16.7. The van der Waals surface area contributed by atoms with E-state index in [0.717, 1.165) is 28.2 Å². The molecular formula is C27H25N3O2. The van der Waals surface area contributed by atoms with Crippen LogP contribution in [0.1, 0.15) is 24.9 Å². The number of hydrogen-bond acceptors (Lipinski definition) is 4. The molecule has 0 amide bonds. The highest BCUT2D eigenvalue weighted by molar-refractivity contribution is 6.08. The molecule has 5 nitrogen and oxygen atoms in total. The zero-order valence-corrected chi connectivity index (χ0v) is 18.0. The number of aromatic nitrogens is 2. The maximum absolute atomic E-state index is 6.10. The summed E-state index contributed by atoms with van der Waals surface area (Å²) in [7, 11) is 0. The van der Waals surface area contributed by atoms with Crippen LogP contribution in [0.25, 0.3) is 11.1 Å². The predicted octanol–water partition coefficient (Wildman–Crippen LogP) is 5.75. The lowest BCUT2D eigenvalue weighted by Crippen LogP contribution is -2.43. The lowest BCUT2D eigenvalue weighted by atomic mass is 9.87. The normalized spacial score (nSPS) is 20.3. The molecule has 0 saturated heterocycles. The van der Waals surface area contributed by atoms with Crippen molar-refractivity contribution in [3.8, 4) is 16.9 Å². The van der Waals surface area contributed by atoms with Crippen molar-refractivity contribution in [2.75, 3.05) is 6.61 Å². The van der Waals surface area contributed by atoms with Crippen LogP contribution in [0.4, 0.5) is 0 Å². The minimum atomic E-state index is -0.573. The van der Waals surface area contributed by atoms with Crippen LogP contribution in [0.5, 0.6) is 5.75 Å². The van der Waals surface area contributed by atoms with Gasteiger partial charge in [-0.2, -0.15) is 0 Å². The molecule has 0 spiro atoms. The van der Waals surface area contributed by atoms with Crippen LogP contribution in [-0.2, 0) is 4.84 Å². The highest BCUT2D eigenvalue weighted by Crippen LogP contribution is 2.36. The third-order valence-corrected chi connectivity index (χ3v) is 5.77. The molecule has 160 valence electrons. The van der Waals surface area contributed by atoms with E-state index in [1.54, 1.807) is 6.20 Å². The van der Waals surface area contributed by atoms with Gasteiger partial charge in [-0.3, -0.25) is 0 Å². The lowest BCUT2D eigenvalue weighted by Gasteiger charge is -2.36. The van der Waals surface area contributed by atoms with Gasteiger partial charge >= 0.3 is 0 Å². The van der Waals surface area contributed by atoms with Crippen LogP contribution < -0.4 is 4.74 Å². The van der Waals surface area contributed by atoms with E-state index in [9.17, 15) is 0 Å². The van der Waals surface area contributed by atoms with Crippen molar-refractivity contribution in [3.63, 3.8) is 0 Å². The second-order valence-electron chi connectivity index (χ2n) is 8.26. The van der Waals surface area contributed by atoms with Crippen molar-refractivity contribution in [2.24, 2.45) is 5.16 Å². The molecule has 4 aromatic rings. The molecule has 2 unspecified atom stereocenters. The Morgan fingerprint density at radius 3 is 2.34 bits per heavy atom. The zero-order chi connectivity index (χ0) is 21.8. The molecule has 0 saturated carbocycles. The van der Waals surface area contributed by atoms with Crippen LogP contribution >= 0.6 is 0 Å². The summed E-state index contributed by atoms with van der Waals surface area (Å²) >= 11 is 0. The maximum atomic E-state index is 6.10. The topological polar surface area (TPSA) is 48.6 Å². The average molecular weight is 424 g/mol. The Morgan fingerprint density at radius 2 is 1.62 bits per heavy atom. The van der Waals surface area contributed by atoms with Gasteiger partial charge in [0.05, 0.1) is 12.4 Å². The Kier molecular flexibility index (Phi) is 5.46. The molecule has 0 aliphatic carbocycles. The number of nitrogens with zero attached hydrogens (tertiary/aromatic N) is 3. The van der Waals surface area contributed by atoms with Gasteiger partial charge in [0.15, 0.2) is 5.60 Å². The number of hydrogen-bond donors (Lipinski definition) is 0. The van der Waals surface area contributed by atoms with E-state index in [0.29, 0.717) is 13.0 Å². The fourth-order valence-electron chi connectivity index (χ4n) is 4.11. The summed E-state index contributed by atoms with van der Waals surface area (Å²) in [5, 5.41) is 4.68. The molecule has 0 N–H and O–H groups in total. The molecule has 1 aromatic heterocycles. The first kappa shape index (κ1) is 20.1. The molecule has 1 aliphatic heterocycles. The summed E-state index contributed by atoms with van der Waals surface area (Å²) < 4.78 is 8.13. The summed E-state index contributed by atoms with van der Waals surface area (Å²) in [6.45, 7) is 2.45. The smallest absolute Gasteiger partial charge is 0.171 e. The summed E-state index contributed by atoms with van der Waals surface area (Å²) in [5.41, 5.74) is 3.65. The quantitative estimate of drug-likeness (QED) is 0.397. The number of para-hydroxylation sites is 1. The SMILES string of the molecule is CC1(COc2ccccc2)CC(n2ccnc2)C(c2ccccc2-c2ccccc2)=NO1. The molecule has 1 aliphatic rings. The Balaban J connectivity index is 1.50. The van der Waals surface area contributed by atoms with Gasteiger partial charge in [0.1, 0.15) is 18.1 Å². The fraction of sp³-hybridized carbons (Fsp3) is 0.185. The van der Waals surface area contributed by atoms with E-state index in [1.807, 2.05) is 61.9 Å². The van der Waals surface area contributed by atoms with E-state index >= 15 is 0 Å². The third kappa shape index (κ3) is 4.14. The van der Waals surface area contributed by atoms with Gasteiger partial charge < -0.3 is 14.1 Å². The van der Waals surface area contributed by atoms with Crippen molar-refractivity contribution in [1.82, 2.24) is 9.55 Å². The van der Waals surface area contributed by atoms with Gasteiger partial charge in [-0.1, -0.05) is 78.0 Å². The van der Waals surface area contributed by atoms with Crippen molar-refractivity contribution in [2.45, 2.75) is 25.0 Å². The van der Waals surface area contributed by atoms with E-state index < -0.39 is 5.60 Å². The first-order valence-electron chi connectivity index (χ1n) is 10.8. The minimum Gasteiger partial charge on any atom is -0.489 e. The van der Waals surface area contributed by atoms with Gasteiger partial charge in [0.25, 0.3) is 0 Å².